The second kappa shape index (κ2) is 6.96. The van der Waals surface area contributed by atoms with Gasteiger partial charge in [0.1, 0.15) is 12.7 Å². The van der Waals surface area contributed by atoms with Gasteiger partial charge in [-0.2, -0.15) is 24.7 Å². The molecule has 0 aromatic carbocycles. The Balaban J connectivity index is 2.27. The molecule has 2 heterocycles. The number of hydrogen-bond donors (Lipinski definition) is 1. The lowest BCUT2D eigenvalue weighted by molar-refractivity contribution is 0.609. The van der Waals surface area contributed by atoms with Gasteiger partial charge in [-0.3, -0.25) is 0 Å². The number of rotatable bonds is 7. The first-order valence-electron chi connectivity index (χ1n) is 7.25. The quantitative estimate of drug-likeness (QED) is 0.770. The predicted octanol–water partition coefficient (Wildman–Crippen LogP) is 1.44. The monoisotopic (exact) mass is 290 g/mol. The molecule has 0 aliphatic rings. The Morgan fingerprint density at radius 1 is 1.24 bits per heavy atom. The summed E-state index contributed by atoms with van der Waals surface area (Å²) < 4.78 is 1.48. The van der Waals surface area contributed by atoms with Crippen LogP contribution in [0, 0.1) is 0 Å². The van der Waals surface area contributed by atoms with Gasteiger partial charge in [0.2, 0.25) is 11.9 Å². The van der Waals surface area contributed by atoms with Crippen molar-refractivity contribution >= 4 is 11.9 Å². The van der Waals surface area contributed by atoms with Crippen LogP contribution in [0.25, 0.3) is 5.95 Å². The van der Waals surface area contributed by atoms with Crippen molar-refractivity contribution in [1.29, 1.82) is 0 Å². The van der Waals surface area contributed by atoms with E-state index in [-0.39, 0.29) is 12.0 Å². The number of nitrogen functional groups attached to an aromatic ring is 1. The molecule has 2 rings (SSSR count). The SMILES string of the molecule is CCCCCN(c1nc(N)nc(-n2cncn2)n1)C(C)C. The summed E-state index contributed by atoms with van der Waals surface area (Å²) in [5.41, 5.74) is 5.81. The zero-order valence-electron chi connectivity index (χ0n) is 12.8. The standard InChI is InChI=1S/C13H22N8/c1-4-5-6-7-20(10(2)3)12-17-11(14)18-13(19-12)21-9-15-8-16-21/h8-10H,4-7H2,1-3H3,(H2,14,17,18,19). The first-order valence-corrected chi connectivity index (χ1v) is 7.25. The average molecular weight is 290 g/mol. The maximum absolute atomic E-state index is 5.81. The van der Waals surface area contributed by atoms with E-state index < -0.39 is 0 Å². The Labute approximate surface area is 124 Å². The van der Waals surface area contributed by atoms with Gasteiger partial charge in [-0.25, -0.2) is 4.98 Å². The van der Waals surface area contributed by atoms with Gasteiger partial charge in [-0.1, -0.05) is 19.8 Å². The van der Waals surface area contributed by atoms with Crippen molar-refractivity contribution in [3.05, 3.63) is 12.7 Å². The van der Waals surface area contributed by atoms with Crippen molar-refractivity contribution in [3.63, 3.8) is 0 Å². The zero-order valence-corrected chi connectivity index (χ0v) is 12.8. The molecule has 8 heteroatoms. The maximum atomic E-state index is 5.81. The van der Waals surface area contributed by atoms with Gasteiger partial charge in [0.15, 0.2) is 0 Å². The van der Waals surface area contributed by atoms with Crippen molar-refractivity contribution in [2.45, 2.75) is 46.1 Å². The molecule has 8 nitrogen and oxygen atoms in total. The smallest absolute Gasteiger partial charge is 0.258 e. The molecule has 0 amide bonds. The summed E-state index contributed by atoms with van der Waals surface area (Å²) in [5.74, 6) is 1.15. The molecule has 0 fully saturated rings. The van der Waals surface area contributed by atoms with Crippen LogP contribution < -0.4 is 10.6 Å². The van der Waals surface area contributed by atoms with Crippen molar-refractivity contribution in [3.8, 4) is 5.95 Å². The minimum absolute atomic E-state index is 0.187. The lowest BCUT2D eigenvalue weighted by Gasteiger charge is -2.26. The second-order valence-corrected chi connectivity index (χ2v) is 5.13. The first-order chi connectivity index (χ1) is 10.1. The molecule has 0 aliphatic heterocycles. The Bertz CT molecular complexity index is 551. The minimum Gasteiger partial charge on any atom is -0.368 e. The van der Waals surface area contributed by atoms with Crippen LogP contribution in [-0.4, -0.2) is 42.3 Å². The van der Waals surface area contributed by atoms with Crippen molar-refractivity contribution < 1.29 is 0 Å². The van der Waals surface area contributed by atoms with E-state index >= 15 is 0 Å². The molecular weight excluding hydrogens is 268 g/mol. The third-order valence-corrected chi connectivity index (χ3v) is 3.14. The zero-order chi connectivity index (χ0) is 15.2. The molecule has 0 saturated carbocycles. The average Bonchev–Trinajstić information content (AvgIpc) is 2.96. The lowest BCUT2D eigenvalue weighted by Crippen LogP contribution is -2.34. The topological polar surface area (TPSA) is 98.6 Å². The fourth-order valence-corrected chi connectivity index (χ4v) is 2.03. The van der Waals surface area contributed by atoms with Gasteiger partial charge >= 0.3 is 0 Å². The molecule has 0 bridgehead atoms. The van der Waals surface area contributed by atoms with E-state index in [0.29, 0.717) is 11.9 Å². The molecule has 2 aromatic rings. The van der Waals surface area contributed by atoms with Gasteiger partial charge in [0.05, 0.1) is 0 Å². The van der Waals surface area contributed by atoms with Crippen molar-refractivity contribution in [1.82, 2.24) is 29.7 Å². The highest BCUT2D eigenvalue weighted by Gasteiger charge is 2.16. The fourth-order valence-electron chi connectivity index (χ4n) is 2.03. The Hall–Kier alpha value is -2.25. The molecule has 0 aliphatic carbocycles. The normalized spacial score (nSPS) is 11.0. The molecule has 21 heavy (non-hydrogen) atoms. The van der Waals surface area contributed by atoms with E-state index in [1.54, 1.807) is 0 Å². The molecule has 0 saturated heterocycles. The first kappa shape index (κ1) is 15.1. The molecule has 0 atom stereocenters. The molecule has 0 radical (unpaired) electrons. The Kier molecular flexibility index (Phi) is 5.02. The second-order valence-electron chi connectivity index (χ2n) is 5.13. The van der Waals surface area contributed by atoms with E-state index in [2.05, 4.69) is 50.7 Å². The number of unbranched alkanes of at least 4 members (excludes halogenated alkanes) is 2. The number of anilines is 2. The number of hydrogen-bond acceptors (Lipinski definition) is 7. The van der Waals surface area contributed by atoms with Crippen LogP contribution in [0.15, 0.2) is 12.7 Å². The van der Waals surface area contributed by atoms with E-state index in [1.165, 1.54) is 30.2 Å². The van der Waals surface area contributed by atoms with Gasteiger partial charge in [-0.05, 0) is 20.3 Å². The highest BCUT2D eigenvalue weighted by Crippen LogP contribution is 2.15. The van der Waals surface area contributed by atoms with E-state index in [4.69, 9.17) is 5.73 Å². The summed E-state index contributed by atoms with van der Waals surface area (Å²) in [6.07, 6.45) is 6.42. The number of nitrogens with zero attached hydrogens (tertiary/aromatic N) is 7. The Morgan fingerprint density at radius 3 is 2.67 bits per heavy atom. The van der Waals surface area contributed by atoms with Crippen LogP contribution in [0.3, 0.4) is 0 Å². The molecule has 2 N–H and O–H groups in total. The number of nitrogens with two attached hydrogens (primary N) is 1. The summed E-state index contributed by atoms with van der Waals surface area (Å²) in [6, 6.07) is 0.284. The van der Waals surface area contributed by atoms with Crippen LogP contribution in [0.1, 0.15) is 40.0 Å². The highest BCUT2D eigenvalue weighted by molar-refractivity contribution is 5.38. The summed E-state index contributed by atoms with van der Waals surface area (Å²) in [5, 5.41) is 4.03. The maximum Gasteiger partial charge on any atom is 0.258 e. The summed E-state index contributed by atoms with van der Waals surface area (Å²) in [7, 11) is 0. The molecule has 0 spiro atoms. The fraction of sp³-hybridized carbons (Fsp3) is 0.615. The van der Waals surface area contributed by atoms with Gasteiger partial charge in [0, 0.05) is 12.6 Å². The lowest BCUT2D eigenvalue weighted by atomic mass is 10.2. The minimum atomic E-state index is 0.187. The summed E-state index contributed by atoms with van der Waals surface area (Å²) >= 11 is 0. The van der Waals surface area contributed by atoms with Crippen LogP contribution in [0.4, 0.5) is 11.9 Å². The van der Waals surface area contributed by atoms with E-state index in [9.17, 15) is 0 Å². The van der Waals surface area contributed by atoms with Gasteiger partial charge < -0.3 is 10.6 Å². The van der Waals surface area contributed by atoms with Crippen LogP contribution in [-0.2, 0) is 0 Å². The molecule has 2 aromatic heterocycles. The van der Waals surface area contributed by atoms with E-state index in [1.807, 2.05) is 0 Å². The molecular formula is C13H22N8. The van der Waals surface area contributed by atoms with Crippen molar-refractivity contribution in [2.24, 2.45) is 0 Å². The van der Waals surface area contributed by atoms with Crippen LogP contribution >= 0.6 is 0 Å². The predicted molar refractivity (Wildman–Crippen MR) is 81.2 cm³/mol. The largest absolute Gasteiger partial charge is 0.368 e. The van der Waals surface area contributed by atoms with E-state index in [0.717, 1.165) is 13.0 Å². The summed E-state index contributed by atoms with van der Waals surface area (Å²) in [4.78, 5) is 18.9. The van der Waals surface area contributed by atoms with Crippen LogP contribution in [0.2, 0.25) is 0 Å². The molecule has 114 valence electrons. The van der Waals surface area contributed by atoms with Gasteiger partial charge in [0.25, 0.3) is 5.95 Å². The van der Waals surface area contributed by atoms with Gasteiger partial charge in [-0.15, -0.1) is 0 Å². The Morgan fingerprint density at radius 2 is 2.05 bits per heavy atom. The third-order valence-electron chi connectivity index (χ3n) is 3.14. The van der Waals surface area contributed by atoms with Crippen molar-refractivity contribution in [2.75, 3.05) is 17.2 Å². The summed E-state index contributed by atoms with van der Waals surface area (Å²) in [6.45, 7) is 7.30. The molecule has 0 unspecified atom stereocenters. The number of aromatic nitrogens is 6. The van der Waals surface area contributed by atoms with Crippen LogP contribution in [0.5, 0.6) is 0 Å². The third kappa shape index (κ3) is 3.87. The highest BCUT2D eigenvalue weighted by atomic mass is 15.4.